The van der Waals surface area contributed by atoms with Gasteiger partial charge in [-0.3, -0.25) is 4.79 Å². The van der Waals surface area contributed by atoms with Crippen LogP contribution in [0, 0.1) is 11.7 Å². The summed E-state index contributed by atoms with van der Waals surface area (Å²) in [5.41, 5.74) is 2.93. The molecular formula is C20H22FN3O. The molecule has 0 saturated carbocycles. The molecule has 130 valence electrons. The molecule has 2 aliphatic rings. The SMILES string of the molecule is CC(C)CC(=O)N1[C@H]2CC[C@@H]1c1cnc(-c3ccc(F)cc3)nc1C2. The van der Waals surface area contributed by atoms with Gasteiger partial charge in [-0.2, -0.15) is 0 Å². The van der Waals surface area contributed by atoms with E-state index in [0.29, 0.717) is 18.2 Å². The van der Waals surface area contributed by atoms with Gasteiger partial charge in [-0.25, -0.2) is 14.4 Å². The predicted molar refractivity (Wildman–Crippen MR) is 93.2 cm³/mol. The van der Waals surface area contributed by atoms with Gasteiger partial charge in [0.25, 0.3) is 0 Å². The molecule has 5 heteroatoms. The number of benzene rings is 1. The maximum absolute atomic E-state index is 13.1. The lowest BCUT2D eigenvalue weighted by atomic mass is 9.97. The zero-order valence-corrected chi connectivity index (χ0v) is 14.6. The van der Waals surface area contributed by atoms with E-state index in [1.165, 1.54) is 12.1 Å². The van der Waals surface area contributed by atoms with Crippen LogP contribution in [0.1, 0.15) is 50.4 Å². The van der Waals surface area contributed by atoms with E-state index in [1.807, 2.05) is 6.20 Å². The highest BCUT2D eigenvalue weighted by Gasteiger charge is 2.43. The van der Waals surface area contributed by atoms with E-state index in [4.69, 9.17) is 4.98 Å². The second kappa shape index (κ2) is 6.21. The Hall–Kier alpha value is -2.30. The lowest BCUT2D eigenvalue weighted by molar-refractivity contribution is -0.135. The third-order valence-corrected chi connectivity index (χ3v) is 5.16. The molecule has 1 aromatic carbocycles. The summed E-state index contributed by atoms with van der Waals surface area (Å²) in [7, 11) is 0. The monoisotopic (exact) mass is 339 g/mol. The quantitative estimate of drug-likeness (QED) is 0.851. The first-order valence-corrected chi connectivity index (χ1v) is 8.96. The number of nitrogens with zero attached hydrogens (tertiary/aromatic N) is 3. The van der Waals surface area contributed by atoms with E-state index in [1.54, 1.807) is 12.1 Å². The molecule has 1 aromatic heterocycles. The van der Waals surface area contributed by atoms with Crippen molar-refractivity contribution < 1.29 is 9.18 Å². The Balaban J connectivity index is 1.65. The number of hydrogen-bond donors (Lipinski definition) is 0. The first kappa shape index (κ1) is 16.2. The number of fused-ring (bicyclic) bond motifs is 4. The van der Waals surface area contributed by atoms with Gasteiger partial charge < -0.3 is 4.90 Å². The zero-order chi connectivity index (χ0) is 17.6. The summed E-state index contributed by atoms with van der Waals surface area (Å²) in [6.45, 7) is 4.16. The average Bonchev–Trinajstić information content (AvgIpc) is 2.90. The normalized spacial score (nSPS) is 21.5. The molecule has 1 saturated heterocycles. The molecule has 0 radical (unpaired) electrons. The van der Waals surface area contributed by atoms with Gasteiger partial charge in [0.15, 0.2) is 5.82 Å². The summed E-state index contributed by atoms with van der Waals surface area (Å²) in [5, 5.41) is 0. The van der Waals surface area contributed by atoms with Gasteiger partial charge in [0.05, 0.1) is 11.7 Å². The minimum atomic E-state index is -0.265. The lowest BCUT2D eigenvalue weighted by Crippen LogP contribution is -2.42. The molecular weight excluding hydrogens is 317 g/mol. The second-order valence-corrected chi connectivity index (χ2v) is 7.45. The molecule has 2 atom stereocenters. The van der Waals surface area contributed by atoms with E-state index in [9.17, 15) is 9.18 Å². The highest BCUT2D eigenvalue weighted by molar-refractivity contribution is 5.78. The summed E-state index contributed by atoms with van der Waals surface area (Å²) in [4.78, 5) is 24.0. The molecule has 0 unspecified atom stereocenters. The van der Waals surface area contributed by atoms with Crippen LogP contribution in [0.2, 0.25) is 0 Å². The summed E-state index contributed by atoms with van der Waals surface area (Å²) >= 11 is 0. The molecule has 3 heterocycles. The summed E-state index contributed by atoms with van der Waals surface area (Å²) in [5.74, 6) is 0.973. The number of hydrogen-bond acceptors (Lipinski definition) is 3. The number of carbonyl (C=O) groups excluding carboxylic acids is 1. The summed E-state index contributed by atoms with van der Waals surface area (Å²) in [6.07, 6.45) is 5.25. The molecule has 2 aromatic rings. The third kappa shape index (κ3) is 2.92. The molecule has 4 nitrogen and oxygen atoms in total. The Kier molecular flexibility index (Phi) is 4.02. The number of carbonyl (C=O) groups is 1. The fourth-order valence-electron chi connectivity index (χ4n) is 4.05. The van der Waals surface area contributed by atoms with Crippen LogP contribution in [-0.2, 0) is 11.2 Å². The van der Waals surface area contributed by atoms with Gasteiger partial charge in [0.2, 0.25) is 5.91 Å². The first-order valence-electron chi connectivity index (χ1n) is 8.96. The molecule has 25 heavy (non-hydrogen) atoms. The van der Waals surface area contributed by atoms with Gasteiger partial charge in [0, 0.05) is 36.2 Å². The van der Waals surface area contributed by atoms with Crippen molar-refractivity contribution in [3.8, 4) is 11.4 Å². The molecule has 0 aliphatic carbocycles. The third-order valence-electron chi connectivity index (χ3n) is 5.16. The van der Waals surface area contributed by atoms with E-state index in [0.717, 1.165) is 36.1 Å². The average molecular weight is 339 g/mol. The minimum Gasteiger partial charge on any atom is -0.332 e. The van der Waals surface area contributed by atoms with E-state index in [2.05, 4.69) is 23.7 Å². The van der Waals surface area contributed by atoms with Crippen LogP contribution in [0.3, 0.4) is 0 Å². The number of amides is 1. The Morgan fingerprint density at radius 2 is 2.04 bits per heavy atom. The highest BCUT2D eigenvalue weighted by Crippen LogP contribution is 2.43. The van der Waals surface area contributed by atoms with Crippen molar-refractivity contribution in [1.29, 1.82) is 0 Å². The van der Waals surface area contributed by atoms with Crippen molar-refractivity contribution in [3.05, 3.63) is 47.5 Å². The summed E-state index contributed by atoms with van der Waals surface area (Å²) in [6, 6.07) is 6.62. The van der Waals surface area contributed by atoms with Crippen molar-refractivity contribution in [2.75, 3.05) is 0 Å². The fourth-order valence-corrected chi connectivity index (χ4v) is 4.05. The van der Waals surface area contributed by atoms with Crippen molar-refractivity contribution >= 4 is 5.91 Å². The Morgan fingerprint density at radius 1 is 1.28 bits per heavy atom. The Labute approximate surface area is 147 Å². The molecule has 0 N–H and O–H groups in total. The number of rotatable bonds is 3. The lowest BCUT2D eigenvalue weighted by Gasteiger charge is -2.36. The van der Waals surface area contributed by atoms with Crippen LogP contribution in [0.15, 0.2) is 30.5 Å². The topological polar surface area (TPSA) is 46.1 Å². The second-order valence-electron chi connectivity index (χ2n) is 7.45. The van der Waals surface area contributed by atoms with Crippen LogP contribution in [0.5, 0.6) is 0 Å². The Morgan fingerprint density at radius 3 is 2.76 bits per heavy atom. The maximum atomic E-state index is 13.1. The van der Waals surface area contributed by atoms with Gasteiger partial charge in [-0.05, 0) is 43.0 Å². The van der Waals surface area contributed by atoms with E-state index < -0.39 is 0 Å². The smallest absolute Gasteiger partial charge is 0.223 e. The van der Waals surface area contributed by atoms with Gasteiger partial charge in [-0.1, -0.05) is 13.8 Å². The van der Waals surface area contributed by atoms with Crippen molar-refractivity contribution in [3.63, 3.8) is 0 Å². The van der Waals surface area contributed by atoms with Gasteiger partial charge in [0.1, 0.15) is 5.82 Å². The molecule has 2 aliphatic heterocycles. The van der Waals surface area contributed by atoms with Crippen LogP contribution in [-0.4, -0.2) is 26.8 Å². The number of aromatic nitrogens is 2. The molecule has 1 fully saturated rings. The summed E-state index contributed by atoms with van der Waals surface area (Å²) < 4.78 is 13.1. The van der Waals surface area contributed by atoms with Crippen molar-refractivity contribution in [2.24, 2.45) is 5.92 Å². The van der Waals surface area contributed by atoms with E-state index in [-0.39, 0.29) is 23.8 Å². The fraction of sp³-hybridized carbons (Fsp3) is 0.450. The van der Waals surface area contributed by atoms with E-state index >= 15 is 0 Å². The predicted octanol–water partition coefficient (Wildman–Crippen LogP) is 3.92. The van der Waals surface area contributed by atoms with Gasteiger partial charge in [-0.15, -0.1) is 0 Å². The molecule has 4 rings (SSSR count). The van der Waals surface area contributed by atoms with Crippen molar-refractivity contribution in [2.45, 2.75) is 51.6 Å². The maximum Gasteiger partial charge on any atom is 0.223 e. The van der Waals surface area contributed by atoms with Crippen molar-refractivity contribution in [1.82, 2.24) is 14.9 Å². The molecule has 1 amide bonds. The van der Waals surface area contributed by atoms with Crippen LogP contribution < -0.4 is 0 Å². The largest absolute Gasteiger partial charge is 0.332 e. The van der Waals surface area contributed by atoms with Crippen LogP contribution >= 0.6 is 0 Å². The standard InChI is InChI=1S/C20H22FN3O/c1-12(2)9-19(25)24-15-7-8-18(24)16-11-22-20(23-17(16)10-15)13-3-5-14(21)6-4-13/h3-6,11-12,15,18H,7-10H2,1-2H3/t15-,18+/m0/s1. The first-order chi connectivity index (χ1) is 12.0. The van der Waals surface area contributed by atoms with Gasteiger partial charge >= 0.3 is 0 Å². The highest BCUT2D eigenvalue weighted by atomic mass is 19.1. The molecule has 2 bridgehead atoms. The minimum absolute atomic E-state index is 0.113. The van der Waals surface area contributed by atoms with Crippen LogP contribution in [0.25, 0.3) is 11.4 Å². The Bertz CT molecular complexity index is 803. The molecule has 0 spiro atoms. The van der Waals surface area contributed by atoms with Crippen LogP contribution in [0.4, 0.5) is 4.39 Å². The number of halogens is 1. The zero-order valence-electron chi connectivity index (χ0n) is 14.6.